The topological polar surface area (TPSA) is 25.2 Å². The van der Waals surface area contributed by atoms with Crippen LogP contribution in [0.2, 0.25) is 5.02 Å². The molecule has 80 valence electrons. The number of benzene rings is 1. The predicted molar refractivity (Wildman–Crippen MR) is 67.0 cm³/mol. The molecule has 0 atom stereocenters. The number of aliphatic imine (C=N–C) groups is 1. The molecule has 1 aromatic heterocycles. The van der Waals surface area contributed by atoms with Gasteiger partial charge in [0.25, 0.3) is 0 Å². The molecule has 0 aliphatic rings. The lowest BCUT2D eigenvalue weighted by Gasteiger charge is -1.96. The van der Waals surface area contributed by atoms with Crippen molar-refractivity contribution in [2.24, 2.45) is 4.99 Å². The van der Waals surface area contributed by atoms with Crippen LogP contribution in [0, 0.1) is 0 Å². The van der Waals surface area contributed by atoms with Gasteiger partial charge < -0.3 is 0 Å². The van der Waals surface area contributed by atoms with Gasteiger partial charge in [0, 0.05) is 17.4 Å². The van der Waals surface area contributed by atoms with Gasteiger partial charge in [-0.2, -0.15) is 0 Å². The Kier molecular flexibility index (Phi) is 3.67. The first kappa shape index (κ1) is 10.8. The molecular formula is C13H11ClN2. The van der Waals surface area contributed by atoms with Crippen LogP contribution in [0.25, 0.3) is 0 Å². The largest absolute Gasteiger partial charge is 0.286 e. The molecular weight excluding hydrogens is 220 g/mol. The second kappa shape index (κ2) is 5.42. The lowest BCUT2D eigenvalue weighted by atomic mass is 10.2. The van der Waals surface area contributed by atoms with E-state index in [-0.39, 0.29) is 0 Å². The third-order valence-corrected chi connectivity index (χ3v) is 2.35. The van der Waals surface area contributed by atoms with Crippen LogP contribution in [0.3, 0.4) is 0 Å². The molecule has 0 aliphatic heterocycles. The van der Waals surface area contributed by atoms with Gasteiger partial charge in [-0.05, 0) is 29.8 Å². The molecule has 1 aromatic carbocycles. The maximum absolute atomic E-state index is 5.79. The second-order valence-electron chi connectivity index (χ2n) is 3.35. The molecule has 3 heteroatoms. The maximum Gasteiger partial charge on any atom is 0.0807 e. The van der Waals surface area contributed by atoms with Crippen molar-refractivity contribution in [1.82, 2.24) is 4.98 Å². The Balaban J connectivity index is 1.97. The molecule has 0 bridgehead atoms. The van der Waals surface area contributed by atoms with Crippen molar-refractivity contribution in [2.75, 3.05) is 0 Å². The summed E-state index contributed by atoms with van der Waals surface area (Å²) in [5.74, 6) is 0. The minimum absolute atomic E-state index is 0.647. The summed E-state index contributed by atoms with van der Waals surface area (Å²) in [6, 6.07) is 13.4. The van der Waals surface area contributed by atoms with Gasteiger partial charge in [-0.3, -0.25) is 9.98 Å². The van der Waals surface area contributed by atoms with E-state index >= 15 is 0 Å². The summed E-state index contributed by atoms with van der Waals surface area (Å²) in [7, 11) is 0. The Morgan fingerprint density at radius 2 is 1.94 bits per heavy atom. The third-order valence-electron chi connectivity index (χ3n) is 2.10. The highest BCUT2D eigenvalue weighted by molar-refractivity contribution is 6.30. The first-order valence-electron chi connectivity index (χ1n) is 5.00. The van der Waals surface area contributed by atoms with Gasteiger partial charge in [0.2, 0.25) is 0 Å². The maximum atomic E-state index is 5.79. The first-order valence-corrected chi connectivity index (χ1v) is 5.38. The van der Waals surface area contributed by atoms with E-state index < -0.39 is 0 Å². The molecule has 0 radical (unpaired) electrons. The molecule has 0 amide bonds. The van der Waals surface area contributed by atoms with Crippen molar-refractivity contribution < 1.29 is 0 Å². The van der Waals surface area contributed by atoms with E-state index in [0.717, 1.165) is 16.3 Å². The van der Waals surface area contributed by atoms with Crippen LogP contribution >= 0.6 is 11.6 Å². The molecule has 0 saturated heterocycles. The number of aromatic nitrogens is 1. The standard InChI is InChI=1S/C13H11ClN2/c14-12-6-4-11(5-7-12)9-15-10-13-3-1-2-8-16-13/h1-8,10H,9H2. The van der Waals surface area contributed by atoms with Crippen LogP contribution in [0.4, 0.5) is 0 Å². The van der Waals surface area contributed by atoms with Crippen molar-refractivity contribution in [3.8, 4) is 0 Å². The number of hydrogen-bond acceptors (Lipinski definition) is 2. The summed E-state index contributed by atoms with van der Waals surface area (Å²) < 4.78 is 0. The van der Waals surface area contributed by atoms with Gasteiger partial charge in [-0.25, -0.2) is 0 Å². The van der Waals surface area contributed by atoms with E-state index in [4.69, 9.17) is 11.6 Å². The highest BCUT2D eigenvalue weighted by atomic mass is 35.5. The molecule has 2 nitrogen and oxygen atoms in total. The number of nitrogens with zero attached hydrogens (tertiary/aromatic N) is 2. The summed E-state index contributed by atoms with van der Waals surface area (Å²) in [6.07, 6.45) is 3.53. The lowest BCUT2D eigenvalue weighted by molar-refractivity contribution is 1.07. The summed E-state index contributed by atoms with van der Waals surface area (Å²) >= 11 is 5.79. The van der Waals surface area contributed by atoms with Gasteiger partial charge in [-0.1, -0.05) is 29.8 Å². The zero-order valence-electron chi connectivity index (χ0n) is 8.68. The van der Waals surface area contributed by atoms with Gasteiger partial charge in [0.15, 0.2) is 0 Å². The number of pyridine rings is 1. The predicted octanol–water partition coefficient (Wildman–Crippen LogP) is 3.35. The fourth-order valence-corrected chi connectivity index (χ4v) is 1.41. The third kappa shape index (κ3) is 3.17. The Bertz CT molecular complexity index is 463. The first-order chi connectivity index (χ1) is 7.84. The van der Waals surface area contributed by atoms with Gasteiger partial charge in [0.1, 0.15) is 0 Å². The van der Waals surface area contributed by atoms with Crippen LogP contribution in [0.1, 0.15) is 11.3 Å². The van der Waals surface area contributed by atoms with E-state index in [9.17, 15) is 0 Å². The highest BCUT2D eigenvalue weighted by Crippen LogP contribution is 2.09. The van der Waals surface area contributed by atoms with Gasteiger partial charge in [-0.15, -0.1) is 0 Å². The highest BCUT2D eigenvalue weighted by Gasteiger charge is 1.90. The fourth-order valence-electron chi connectivity index (χ4n) is 1.29. The van der Waals surface area contributed by atoms with Crippen molar-refractivity contribution in [1.29, 1.82) is 0 Å². The minimum Gasteiger partial charge on any atom is -0.286 e. The number of halogens is 1. The molecule has 0 spiro atoms. The van der Waals surface area contributed by atoms with Crippen LogP contribution in [0.15, 0.2) is 53.7 Å². The van der Waals surface area contributed by atoms with Crippen molar-refractivity contribution in [3.05, 3.63) is 64.9 Å². The van der Waals surface area contributed by atoms with Crippen LogP contribution in [-0.2, 0) is 6.54 Å². The molecule has 2 rings (SSSR count). The minimum atomic E-state index is 0.647. The number of hydrogen-bond donors (Lipinski definition) is 0. The monoisotopic (exact) mass is 230 g/mol. The Morgan fingerprint density at radius 1 is 1.12 bits per heavy atom. The Labute approximate surface area is 99.6 Å². The average molecular weight is 231 g/mol. The summed E-state index contributed by atoms with van der Waals surface area (Å²) in [4.78, 5) is 8.46. The molecule has 0 unspecified atom stereocenters. The van der Waals surface area contributed by atoms with E-state index in [0.29, 0.717) is 6.54 Å². The molecule has 0 N–H and O–H groups in total. The fraction of sp³-hybridized carbons (Fsp3) is 0.0769. The summed E-state index contributed by atoms with van der Waals surface area (Å²) in [5, 5.41) is 0.748. The molecule has 0 saturated carbocycles. The zero-order valence-corrected chi connectivity index (χ0v) is 9.43. The van der Waals surface area contributed by atoms with E-state index in [1.165, 1.54) is 0 Å². The van der Waals surface area contributed by atoms with Crippen LogP contribution in [-0.4, -0.2) is 11.2 Å². The molecule has 16 heavy (non-hydrogen) atoms. The number of rotatable bonds is 3. The molecule has 1 heterocycles. The summed E-state index contributed by atoms with van der Waals surface area (Å²) in [5.41, 5.74) is 2.01. The Hall–Kier alpha value is -1.67. The van der Waals surface area contributed by atoms with Crippen molar-refractivity contribution in [3.63, 3.8) is 0 Å². The summed E-state index contributed by atoms with van der Waals surface area (Å²) in [6.45, 7) is 0.647. The van der Waals surface area contributed by atoms with Crippen molar-refractivity contribution in [2.45, 2.75) is 6.54 Å². The van der Waals surface area contributed by atoms with E-state index in [1.54, 1.807) is 12.4 Å². The van der Waals surface area contributed by atoms with Crippen LogP contribution < -0.4 is 0 Å². The SMILES string of the molecule is Clc1ccc(CN=Cc2ccccn2)cc1. The van der Waals surface area contributed by atoms with E-state index in [2.05, 4.69) is 9.98 Å². The normalized spacial score (nSPS) is 10.8. The van der Waals surface area contributed by atoms with Crippen LogP contribution in [0.5, 0.6) is 0 Å². The van der Waals surface area contributed by atoms with Crippen molar-refractivity contribution >= 4 is 17.8 Å². The quantitative estimate of drug-likeness (QED) is 0.743. The smallest absolute Gasteiger partial charge is 0.0807 e. The van der Waals surface area contributed by atoms with Gasteiger partial charge in [0.05, 0.1) is 12.2 Å². The molecule has 0 aliphatic carbocycles. The second-order valence-corrected chi connectivity index (χ2v) is 3.79. The Morgan fingerprint density at radius 3 is 2.62 bits per heavy atom. The average Bonchev–Trinajstić information content (AvgIpc) is 2.33. The zero-order chi connectivity index (χ0) is 11.2. The molecule has 0 fully saturated rings. The van der Waals surface area contributed by atoms with Gasteiger partial charge >= 0.3 is 0 Å². The van der Waals surface area contributed by atoms with E-state index in [1.807, 2.05) is 42.5 Å². The molecule has 2 aromatic rings. The lowest BCUT2D eigenvalue weighted by Crippen LogP contribution is -1.87.